The van der Waals surface area contributed by atoms with Gasteiger partial charge in [-0.2, -0.15) is 0 Å². The summed E-state index contributed by atoms with van der Waals surface area (Å²) in [6, 6.07) is 0. The molecule has 0 spiro atoms. The van der Waals surface area contributed by atoms with E-state index in [-0.39, 0.29) is 11.2 Å². The van der Waals surface area contributed by atoms with Crippen LogP contribution >= 0.6 is 11.3 Å². The predicted molar refractivity (Wildman–Crippen MR) is 73.5 cm³/mol. The largest absolute Gasteiger partial charge is 0.361 e. The number of unbranched alkanes of at least 4 members (excludes halogenated alkanes) is 1. The van der Waals surface area contributed by atoms with E-state index >= 15 is 0 Å². The highest BCUT2D eigenvalue weighted by Gasteiger charge is 2.13. The van der Waals surface area contributed by atoms with Gasteiger partial charge in [0.1, 0.15) is 4.83 Å². The molecule has 0 amide bonds. The Labute approximate surface area is 108 Å². The maximum Gasteiger partial charge on any atom is 0.331 e. The van der Waals surface area contributed by atoms with Crippen LogP contribution in [0.1, 0.15) is 19.8 Å². The van der Waals surface area contributed by atoms with Crippen LogP contribution in [-0.2, 0) is 14.1 Å². The van der Waals surface area contributed by atoms with Gasteiger partial charge in [-0.05, 0) is 6.42 Å². The molecule has 0 unspecified atom stereocenters. The molecule has 0 aliphatic rings. The molecule has 0 aliphatic carbocycles. The maximum atomic E-state index is 11.9. The molecule has 18 heavy (non-hydrogen) atoms. The molecule has 2 aromatic rings. The van der Waals surface area contributed by atoms with Crippen LogP contribution in [0.2, 0.25) is 0 Å². The van der Waals surface area contributed by atoms with Crippen LogP contribution in [0, 0.1) is 0 Å². The van der Waals surface area contributed by atoms with Gasteiger partial charge in [-0.15, -0.1) is 0 Å². The lowest BCUT2D eigenvalue weighted by Gasteiger charge is -2.00. The van der Waals surface area contributed by atoms with Gasteiger partial charge in [-0.3, -0.25) is 13.9 Å². The predicted octanol–water partition coefficient (Wildman–Crippen LogP) is 0.906. The number of hydrogen-bond donors (Lipinski definition) is 1. The van der Waals surface area contributed by atoms with Gasteiger partial charge < -0.3 is 5.32 Å². The Bertz CT molecular complexity index is 683. The van der Waals surface area contributed by atoms with Crippen molar-refractivity contribution in [1.82, 2.24) is 14.1 Å². The molecule has 0 bridgehead atoms. The monoisotopic (exact) mass is 268 g/mol. The summed E-state index contributed by atoms with van der Waals surface area (Å²) in [6.45, 7) is 2.93. The number of aryl methyl sites for hydroxylation is 1. The lowest BCUT2D eigenvalue weighted by atomic mass is 10.3. The van der Waals surface area contributed by atoms with Crippen molar-refractivity contribution in [3.63, 3.8) is 0 Å². The summed E-state index contributed by atoms with van der Waals surface area (Å²) in [7, 11) is 3.12. The van der Waals surface area contributed by atoms with Gasteiger partial charge in [0.25, 0.3) is 5.56 Å². The number of nitrogens with one attached hydrogen (secondary N) is 1. The Morgan fingerprint density at radius 2 is 2.00 bits per heavy atom. The maximum absolute atomic E-state index is 11.9. The second-order valence-corrected chi connectivity index (χ2v) is 5.14. The number of aromatic nitrogens is 3. The van der Waals surface area contributed by atoms with Crippen molar-refractivity contribution < 1.29 is 0 Å². The molecule has 2 heterocycles. The van der Waals surface area contributed by atoms with Crippen molar-refractivity contribution in [3.05, 3.63) is 20.8 Å². The van der Waals surface area contributed by atoms with E-state index in [4.69, 9.17) is 0 Å². The average molecular weight is 268 g/mol. The van der Waals surface area contributed by atoms with Gasteiger partial charge >= 0.3 is 5.69 Å². The Morgan fingerprint density at radius 1 is 1.28 bits per heavy atom. The number of rotatable bonds is 4. The first-order chi connectivity index (χ1) is 8.56. The highest BCUT2D eigenvalue weighted by Crippen LogP contribution is 2.21. The minimum Gasteiger partial charge on any atom is -0.361 e. The van der Waals surface area contributed by atoms with E-state index in [0.717, 1.165) is 24.0 Å². The first-order valence-electron chi connectivity index (χ1n) is 5.86. The van der Waals surface area contributed by atoms with Crippen molar-refractivity contribution in [2.24, 2.45) is 14.1 Å². The topological polar surface area (TPSA) is 68.9 Å². The van der Waals surface area contributed by atoms with Crippen molar-refractivity contribution in [3.8, 4) is 0 Å². The van der Waals surface area contributed by atoms with Gasteiger partial charge in [-0.25, -0.2) is 9.78 Å². The number of thiazole rings is 1. The summed E-state index contributed by atoms with van der Waals surface area (Å²) in [4.78, 5) is 28.5. The van der Waals surface area contributed by atoms with Crippen LogP contribution in [0.15, 0.2) is 9.59 Å². The molecule has 2 aromatic heterocycles. The van der Waals surface area contributed by atoms with Gasteiger partial charge in [0.05, 0.1) is 0 Å². The zero-order valence-electron chi connectivity index (χ0n) is 10.7. The molecule has 98 valence electrons. The summed E-state index contributed by atoms with van der Waals surface area (Å²) in [6.07, 6.45) is 2.14. The van der Waals surface area contributed by atoms with Crippen LogP contribution in [0.25, 0.3) is 10.3 Å². The molecule has 0 atom stereocenters. The SMILES string of the molecule is CCCCNc1nc2c(=O)n(C)c(=O)n(C)c2s1. The second kappa shape index (κ2) is 4.93. The minimum absolute atomic E-state index is 0.323. The summed E-state index contributed by atoms with van der Waals surface area (Å²) < 4.78 is 2.54. The van der Waals surface area contributed by atoms with Crippen molar-refractivity contribution >= 4 is 26.8 Å². The summed E-state index contributed by atoms with van der Waals surface area (Å²) in [5.74, 6) is 0. The van der Waals surface area contributed by atoms with Crippen LogP contribution < -0.4 is 16.6 Å². The van der Waals surface area contributed by atoms with E-state index in [1.54, 1.807) is 7.05 Å². The Kier molecular flexibility index (Phi) is 3.51. The highest BCUT2D eigenvalue weighted by molar-refractivity contribution is 7.21. The fourth-order valence-electron chi connectivity index (χ4n) is 1.68. The standard InChI is InChI=1S/C11H16N4O2S/c1-4-5-6-12-10-13-7-8(16)14(2)11(17)15(3)9(7)18-10/h4-6H2,1-3H3,(H,12,13). The summed E-state index contributed by atoms with van der Waals surface area (Å²) >= 11 is 1.34. The van der Waals surface area contributed by atoms with E-state index in [2.05, 4.69) is 17.2 Å². The highest BCUT2D eigenvalue weighted by atomic mass is 32.1. The molecular formula is C11H16N4O2S. The Hall–Kier alpha value is -1.63. The van der Waals surface area contributed by atoms with Crippen LogP contribution in [0.3, 0.4) is 0 Å². The molecular weight excluding hydrogens is 252 g/mol. The van der Waals surface area contributed by atoms with Gasteiger partial charge in [-0.1, -0.05) is 24.7 Å². The van der Waals surface area contributed by atoms with Crippen LogP contribution in [0.4, 0.5) is 5.13 Å². The zero-order chi connectivity index (χ0) is 13.3. The molecule has 7 heteroatoms. The van der Waals surface area contributed by atoms with E-state index in [1.807, 2.05) is 0 Å². The number of fused-ring (bicyclic) bond motifs is 1. The third-order valence-corrected chi connectivity index (χ3v) is 3.89. The molecule has 0 saturated heterocycles. The molecule has 0 radical (unpaired) electrons. The first-order valence-corrected chi connectivity index (χ1v) is 6.68. The number of anilines is 1. The lowest BCUT2D eigenvalue weighted by Crippen LogP contribution is -2.36. The third-order valence-electron chi connectivity index (χ3n) is 2.80. The van der Waals surface area contributed by atoms with Crippen molar-refractivity contribution in [2.45, 2.75) is 19.8 Å². The molecule has 0 saturated carbocycles. The van der Waals surface area contributed by atoms with Gasteiger partial charge in [0.2, 0.25) is 0 Å². The fraction of sp³-hybridized carbons (Fsp3) is 0.545. The molecule has 0 fully saturated rings. The molecule has 0 aliphatic heterocycles. The smallest absolute Gasteiger partial charge is 0.331 e. The van der Waals surface area contributed by atoms with Crippen molar-refractivity contribution in [1.29, 1.82) is 0 Å². The van der Waals surface area contributed by atoms with E-state index in [0.29, 0.717) is 15.5 Å². The van der Waals surface area contributed by atoms with Crippen molar-refractivity contribution in [2.75, 3.05) is 11.9 Å². The third kappa shape index (κ3) is 2.05. The van der Waals surface area contributed by atoms with Crippen LogP contribution in [0.5, 0.6) is 0 Å². The fourth-order valence-corrected chi connectivity index (χ4v) is 2.62. The Balaban J connectivity index is 2.51. The molecule has 6 nitrogen and oxygen atoms in total. The minimum atomic E-state index is -0.340. The molecule has 2 rings (SSSR count). The van der Waals surface area contributed by atoms with E-state index < -0.39 is 0 Å². The second-order valence-electron chi connectivity index (χ2n) is 4.16. The normalized spacial score (nSPS) is 11.1. The van der Waals surface area contributed by atoms with E-state index in [9.17, 15) is 9.59 Å². The quantitative estimate of drug-likeness (QED) is 0.837. The summed E-state index contributed by atoms with van der Waals surface area (Å²) in [5.41, 5.74) is -0.312. The van der Waals surface area contributed by atoms with Gasteiger partial charge in [0, 0.05) is 20.6 Å². The number of hydrogen-bond acceptors (Lipinski definition) is 5. The molecule has 0 aromatic carbocycles. The van der Waals surface area contributed by atoms with Gasteiger partial charge in [0.15, 0.2) is 10.6 Å². The van der Waals surface area contributed by atoms with E-state index in [1.165, 1.54) is 23.0 Å². The first kappa shape index (κ1) is 12.8. The number of nitrogens with zero attached hydrogens (tertiary/aromatic N) is 3. The van der Waals surface area contributed by atoms with Crippen LogP contribution in [-0.4, -0.2) is 20.7 Å². The zero-order valence-corrected chi connectivity index (χ0v) is 11.5. The lowest BCUT2D eigenvalue weighted by molar-refractivity contribution is 0.715. The summed E-state index contributed by atoms with van der Waals surface area (Å²) in [5, 5.41) is 3.86. The molecule has 1 N–H and O–H groups in total. The Morgan fingerprint density at radius 3 is 2.67 bits per heavy atom. The average Bonchev–Trinajstić information content (AvgIpc) is 2.78.